The van der Waals surface area contributed by atoms with Crippen LogP contribution in [-0.4, -0.2) is 21.2 Å². The zero-order valence-electron chi connectivity index (χ0n) is 10.3. The van der Waals surface area contributed by atoms with Crippen LogP contribution in [0.5, 0.6) is 0 Å². The number of primary amides is 1. The van der Waals surface area contributed by atoms with Gasteiger partial charge >= 0.3 is 0 Å². The fourth-order valence-corrected chi connectivity index (χ4v) is 2.30. The summed E-state index contributed by atoms with van der Waals surface area (Å²) in [7, 11) is 0. The number of aromatic nitrogens is 2. The Morgan fingerprint density at radius 1 is 1.56 bits per heavy atom. The van der Waals surface area contributed by atoms with Crippen molar-refractivity contribution in [3.63, 3.8) is 0 Å². The van der Waals surface area contributed by atoms with E-state index in [1.54, 1.807) is 0 Å². The minimum Gasteiger partial charge on any atom is -0.369 e. The maximum absolute atomic E-state index is 10.7. The van der Waals surface area contributed by atoms with Gasteiger partial charge in [-0.2, -0.15) is 0 Å². The third-order valence-corrected chi connectivity index (χ3v) is 3.26. The Hall–Kier alpha value is -0.970. The molecule has 1 aromatic heterocycles. The van der Waals surface area contributed by atoms with Gasteiger partial charge in [0.2, 0.25) is 5.91 Å². The number of amides is 1. The number of carbonyl (C=O) groups excluding carboxylic acids is 1. The first kappa shape index (κ1) is 13.1. The summed E-state index contributed by atoms with van der Waals surface area (Å²) in [4.78, 5) is 15.1. The van der Waals surface area contributed by atoms with Crippen molar-refractivity contribution in [3.8, 4) is 0 Å². The van der Waals surface area contributed by atoms with E-state index in [0.717, 1.165) is 11.7 Å². The summed E-state index contributed by atoms with van der Waals surface area (Å²) in [6.45, 7) is 9.38. The normalized spacial score (nSPS) is 11.8. The molecule has 0 bridgehead atoms. The van der Waals surface area contributed by atoms with Crippen molar-refractivity contribution >= 4 is 17.7 Å². The van der Waals surface area contributed by atoms with Crippen LogP contribution in [0, 0.1) is 0 Å². The molecule has 1 aromatic rings. The van der Waals surface area contributed by atoms with E-state index in [4.69, 9.17) is 5.73 Å². The molecule has 0 saturated heterocycles. The van der Waals surface area contributed by atoms with Crippen LogP contribution in [-0.2, 0) is 16.8 Å². The molecule has 1 heterocycles. The molecule has 0 aliphatic carbocycles. The summed E-state index contributed by atoms with van der Waals surface area (Å²) in [6, 6.07) is 0. The van der Waals surface area contributed by atoms with Gasteiger partial charge in [0, 0.05) is 23.9 Å². The fourth-order valence-electron chi connectivity index (χ4n) is 1.51. The highest BCUT2D eigenvalue weighted by atomic mass is 32.2. The van der Waals surface area contributed by atoms with Gasteiger partial charge in [-0.05, 0) is 6.92 Å². The van der Waals surface area contributed by atoms with Gasteiger partial charge in [-0.1, -0.05) is 32.5 Å². The molecule has 5 heteroatoms. The van der Waals surface area contributed by atoms with Gasteiger partial charge in [-0.15, -0.1) is 0 Å². The Morgan fingerprint density at radius 2 is 2.19 bits per heavy atom. The Balaban J connectivity index is 2.95. The molecule has 0 unspecified atom stereocenters. The molecule has 16 heavy (non-hydrogen) atoms. The molecular weight excluding hydrogens is 222 g/mol. The predicted octanol–water partition coefficient (Wildman–Crippen LogP) is 1.78. The maximum Gasteiger partial charge on any atom is 0.227 e. The molecule has 0 fully saturated rings. The standard InChI is InChI=1S/C11H19N3OS/c1-5-14-8(11(2,3)4)6-13-10(14)16-7-9(12)15/h6H,5,7H2,1-4H3,(H2,12,15). The highest BCUT2D eigenvalue weighted by molar-refractivity contribution is 7.99. The van der Waals surface area contributed by atoms with Crippen LogP contribution in [0.3, 0.4) is 0 Å². The van der Waals surface area contributed by atoms with Crippen LogP contribution in [0.1, 0.15) is 33.4 Å². The highest BCUT2D eigenvalue weighted by Gasteiger charge is 2.21. The Labute approximate surface area is 101 Å². The van der Waals surface area contributed by atoms with E-state index in [1.807, 2.05) is 6.20 Å². The molecule has 2 N–H and O–H groups in total. The van der Waals surface area contributed by atoms with E-state index >= 15 is 0 Å². The predicted molar refractivity (Wildman–Crippen MR) is 66.5 cm³/mol. The second-order valence-electron chi connectivity index (χ2n) is 4.68. The lowest BCUT2D eigenvalue weighted by molar-refractivity contribution is -0.115. The molecule has 0 spiro atoms. The van der Waals surface area contributed by atoms with Crippen molar-refractivity contribution in [1.82, 2.24) is 9.55 Å². The first-order valence-corrected chi connectivity index (χ1v) is 6.32. The van der Waals surface area contributed by atoms with E-state index in [1.165, 1.54) is 17.5 Å². The fraction of sp³-hybridized carbons (Fsp3) is 0.636. The van der Waals surface area contributed by atoms with Crippen molar-refractivity contribution in [1.29, 1.82) is 0 Å². The van der Waals surface area contributed by atoms with Crippen LogP contribution < -0.4 is 5.73 Å². The quantitative estimate of drug-likeness (QED) is 0.817. The zero-order chi connectivity index (χ0) is 12.3. The number of carbonyl (C=O) groups is 1. The summed E-state index contributed by atoms with van der Waals surface area (Å²) in [5.41, 5.74) is 6.37. The molecule has 90 valence electrons. The van der Waals surface area contributed by atoms with Crippen LogP contribution in [0.2, 0.25) is 0 Å². The summed E-state index contributed by atoms with van der Waals surface area (Å²) in [5, 5.41) is 0.867. The molecule has 4 nitrogen and oxygen atoms in total. The average Bonchev–Trinajstić information content (AvgIpc) is 2.56. The van der Waals surface area contributed by atoms with Gasteiger partial charge in [0.05, 0.1) is 5.75 Å². The molecule has 0 aliphatic rings. The monoisotopic (exact) mass is 241 g/mol. The zero-order valence-corrected chi connectivity index (χ0v) is 11.1. The first-order chi connectivity index (χ1) is 7.36. The third-order valence-electron chi connectivity index (χ3n) is 2.25. The van der Waals surface area contributed by atoms with Gasteiger partial charge in [0.25, 0.3) is 0 Å². The molecule has 1 rings (SSSR count). The number of hydrogen-bond acceptors (Lipinski definition) is 3. The smallest absolute Gasteiger partial charge is 0.227 e. The minimum absolute atomic E-state index is 0.0640. The largest absolute Gasteiger partial charge is 0.369 e. The van der Waals surface area contributed by atoms with Crippen molar-refractivity contribution in [3.05, 3.63) is 11.9 Å². The Kier molecular flexibility index (Phi) is 4.02. The summed E-state index contributed by atoms with van der Waals surface area (Å²) in [5.74, 6) is -0.0337. The summed E-state index contributed by atoms with van der Waals surface area (Å²) in [6.07, 6.45) is 1.88. The molecule has 0 atom stereocenters. The third kappa shape index (κ3) is 3.01. The molecule has 0 saturated carbocycles. The van der Waals surface area contributed by atoms with Crippen LogP contribution in [0.25, 0.3) is 0 Å². The van der Waals surface area contributed by atoms with Gasteiger partial charge in [0.1, 0.15) is 0 Å². The average molecular weight is 241 g/mol. The number of hydrogen-bond donors (Lipinski definition) is 1. The van der Waals surface area contributed by atoms with Crippen LogP contribution in [0.4, 0.5) is 0 Å². The van der Waals surface area contributed by atoms with Crippen LogP contribution >= 0.6 is 11.8 Å². The summed E-state index contributed by atoms with van der Waals surface area (Å²) >= 11 is 1.39. The van der Waals surface area contributed by atoms with Crippen molar-refractivity contribution in [2.24, 2.45) is 5.73 Å². The van der Waals surface area contributed by atoms with Gasteiger partial charge < -0.3 is 10.3 Å². The molecule has 0 radical (unpaired) electrons. The topological polar surface area (TPSA) is 60.9 Å². The van der Waals surface area contributed by atoms with E-state index in [0.29, 0.717) is 0 Å². The number of thioether (sulfide) groups is 1. The number of nitrogens with two attached hydrogens (primary N) is 1. The second kappa shape index (κ2) is 4.91. The van der Waals surface area contributed by atoms with Gasteiger partial charge in [-0.25, -0.2) is 4.98 Å². The second-order valence-corrected chi connectivity index (χ2v) is 5.62. The molecule has 1 amide bonds. The molecule has 0 aliphatic heterocycles. The lowest BCUT2D eigenvalue weighted by atomic mass is 9.93. The van der Waals surface area contributed by atoms with Crippen molar-refractivity contribution in [2.75, 3.05) is 5.75 Å². The van der Waals surface area contributed by atoms with Gasteiger partial charge in [-0.3, -0.25) is 4.79 Å². The number of rotatable bonds is 4. The first-order valence-electron chi connectivity index (χ1n) is 5.33. The van der Waals surface area contributed by atoms with Crippen molar-refractivity contribution in [2.45, 2.75) is 44.8 Å². The Bertz CT molecular complexity index is 379. The van der Waals surface area contributed by atoms with Crippen LogP contribution in [0.15, 0.2) is 11.4 Å². The SMILES string of the molecule is CCn1c(C(C)(C)C)cnc1SCC(N)=O. The maximum atomic E-state index is 10.7. The van der Waals surface area contributed by atoms with E-state index in [-0.39, 0.29) is 17.1 Å². The summed E-state index contributed by atoms with van der Waals surface area (Å²) < 4.78 is 2.13. The highest BCUT2D eigenvalue weighted by Crippen LogP contribution is 2.27. The minimum atomic E-state index is -0.312. The van der Waals surface area contributed by atoms with E-state index < -0.39 is 0 Å². The lowest BCUT2D eigenvalue weighted by Gasteiger charge is -2.20. The number of nitrogens with zero attached hydrogens (tertiary/aromatic N) is 2. The van der Waals surface area contributed by atoms with E-state index in [9.17, 15) is 4.79 Å². The van der Waals surface area contributed by atoms with E-state index in [2.05, 4.69) is 37.2 Å². The Morgan fingerprint density at radius 3 is 2.62 bits per heavy atom. The lowest BCUT2D eigenvalue weighted by Crippen LogP contribution is -2.18. The van der Waals surface area contributed by atoms with Crippen molar-refractivity contribution < 1.29 is 4.79 Å². The molecular formula is C11H19N3OS. The number of imidazole rings is 1. The van der Waals surface area contributed by atoms with Gasteiger partial charge in [0.15, 0.2) is 5.16 Å². The molecule has 0 aromatic carbocycles.